The van der Waals surface area contributed by atoms with Gasteiger partial charge in [0.1, 0.15) is 11.2 Å². The molecule has 0 saturated heterocycles. The van der Waals surface area contributed by atoms with Crippen molar-refractivity contribution in [2.45, 2.75) is 30.5 Å². The number of hydrogen-bond donors (Lipinski definition) is 3. The number of fused-ring (bicyclic) bond motifs is 2. The molecule has 254 valence electrons. The van der Waals surface area contributed by atoms with E-state index in [4.69, 9.17) is 10.1 Å². The van der Waals surface area contributed by atoms with Crippen LogP contribution in [-0.2, 0) is 5.54 Å². The highest BCUT2D eigenvalue weighted by atomic mass is 16.2. The van der Waals surface area contributed by atoms with Gasteiger partial charge in [-0.3, -0.25) is 9.78 Å². The predicted molar refractivity (Wildman–Crippen MR) is 205 cm³/mol. The number of amides is 1. The molecule has 1 fully saturated rings. The van der Waals surface area contributed by atoms with Crippen molar-refractivity contribution in [2.75, 3.05) is 6.54 Å². The van der Waals surface area contributed by atoms with Crippen molar-refractivity contribution in [1.29, 1.82) is 0 Å². The summed E-state index contributed by atoms with van der Waals surface area (Å²) in [7, 11) is 0. The maximum absolute atomic E-state index is 13.9. The smallest absolute Gasteiger partial charge is 0.287 e. The molecule has 8 heteroatoms. The fourth-order valence-corrected chi connectivity index (χ4v) is 7.35. The molecule has 0 unspecified atom stereocenters. The van der Waals surface area contributed by atoms with E-state index in [-0.39, 0.29) is 17.8 Å². The van der Waals surface area contributed by atoms with Gasteiger partial charge in [-0.25, -0.2) is 9.67 Å². The van der Waals surface area contributed by atoms with Crippen LogP contribution in [0.15, 0.2) is 158 Å². The van der Waals surface area contributed by atoms with Crippen LogP contribution in [0.4, 0.5) is 0 Å². The maximum Gasteiger partial charge on any atom is 0.287 e. The highest BCUT2D eigenvalue weighted by molar-refractivity contribution is 6.03. The van der Waals surface area contributed by atoms with Gasteiger partial charge in [0.15, 0.2) is 5.82 Å². The Balaban J connectivity index is 1.24. The second kappa shape index (κ2) is 13.4. The van der Waals surface area contributed by atoms with Crippen molar-refractivity contribution in [2.24, 2.45) is 0 Å². The second-order valence-corrected chi connectivity index (χ2v) is 13.4. The lowest BCUT2D eigenvalue weighted by atomic mass is 9.77. The van der Waals surface area contributed by atoms with E-state index in [1.807, 2.05) is 54.6 Å². The van der Waals surface area contributed by atoms with Gasteiger partial charge >= 0.3 is 0 Å². The summed E-state index contributed by atoms with van der Waals surface area (Å²) >= 11 is 0. The van der Waals surface area contributed by atoms with E-state index in [2.05, 4.69) is 116 Å². The van der Waals surface area contributed by atoms with Gasteiger partial charge in [0.05, 0.1) is 22.6 Å². The number of nitrogens with one attached hydrogen (secondary N) is 3. The van der Waals surface area contributed by atoms with Crippen molar-refractivity contribution in [1.82, 2.24) is 35.4 Å². The van der Waals surface area contributed by atoms with E-state index in [0.29, 0.717) is 18.1 Å². The van der Waals surface area contributed by atoms with Gasteiger partial charge in [0, 0.05) is 35.9 Å². The van der Waals surface area contributed by atoms with Crippen molar-refractivity contribution < 1.29 is 4.79 Å². The lowest BCUT2D eigenvalue weighted by Gasteiger charge is -2.37. The predicted octanol–water partition coefficient (Wildman–Crippen LogP) is 8.04. The number of aromatic nitrogens is 5. The summed E-state index contributed by atoms with van der Waals surface area (Å²) in [5, 5.41) is 13.2. The first kappa shape index (κ1) is 31.6. The Hall–Kier alpha value is -6.38. The van der Waals surface area contributed by atoms with Crippen LogP contribution in [0.3, 0.4) is 0 Å². The number of pyridine rings is 1. The van der Waals surface area contributed by atoms with E-state index in [9.17, 15) is 4.79 Å². The summed E-state index contributed by atoms with van der Waals surface area (Å²) in [5.74, 6) is 0.00955. The first-order valence-corrected chi connectivity index (χ1v) is 17.8. The molecule has 0 spiro atoms. The summed E-state index contributed by atoms with van der Waals surface area (Å²) in [6.45, 7) is 0.649. The van der Waals surface area contributed by atoms with Gasteiger partial charge in [0.25, 0.3) is 5.91 Å². The molecule has 0 radical (unpaired) electrons. The highest BCUT2D eigenvalue weighted by Crippen LogP contribution is 2.44. The maximum atomic E-state index is 13.9. The number of carbonyl (C=O) groups is 1. The summed E-state index contributed by atoms with van der Waals surface area (Å²) in [5.41, 5.74) is 7.45. The van der Waals surface area contributed by atoms with Crippen molar-refractivity contribution in [3.05, 3.63) is 186 Å². The minimum Gasteiger partial charge on any atom is -0.341 e. The zero-order valence-corrected chi connectivity index (χ0v) is 28.5. The Kier molecular flexibility index (Phi) is 8.14. The molecule has 0 bridgehead atoms. The molecule has 1 aliphatic rings. The van der Waals surface area contributed by atoms with Gasteiger partial charge in [0.2, 0.25) is 0 Å². The average molecular weight is 680 g/mol. The molecule has 1 amide bonds. The largest absolute Gasteiger partial charge is 0.341 e. The van der Waals surface area contributed by atoms with Crippen LogP contribution in [0.2, 0.25) is 0 Å². The summed E-state index contributed by atoms with van der Waals surface area (Å²) < 4.78 is 2.15. The molecule has 5 aromatic carbocycles. The Morgan fingerprint density at radius 2 is 1.35 bits per heavy atom. The third-order valence-corrected chi connectivity index (χ3v) is 10.0. The lowest BCUT2D eigenvalue weighted by molar-refractivity contribution is 0.0926. The quantitative estimate of drug-likeness (QED) is 0.120. The SMILES string of the molecule is O=C(N[C@H](CNC1CC1)c1ccccc1)c1nc2cc3c(-c4ccncc4)nn(C(c4ccccc4)(c4ccccc4)c4ccccc4)c3cc2[nH]1. The van der Waals surface area contributed by atoms with Crippen LogP contribution < -0.4 is 10.6 Å². The zero-order valence-electron chi connectivity index (χ0n) is 28.5. The molecular formula is C44H37N7O. The van der Waals surface area contributed by atoms with Crippen LogP contribution in [0.1, 0.15) is 51.8 Å². The van der Waals surface area contributed by atoms with Gasteiger partial charge < -0.3 is 15.6 Å². The third-order valence-electron chi connectivity index (χ3n) is 10.0. The van der Waals surface area contributed by atoms with Crippen LogP contribution >= 0.6 is 0 Å². The zero-order chi connectivity index (χ0) is 34.9. The minimum absolute atomic E-state index is 0.198. The third kappa shape index (κ3) is 5.73. The molecule has 1 aliphatic carbocycles. The molecule has 1 saturated carbocycles. The Labute approximate surface area is 301 Å². The Morgan fingerprint density at radius 1 is 0.769 bits per heavy atom. The number of rotatable bonds is 11. The van der Waals surface area contributed by atoms with Crippen molar-refractivity contribution >= 4 is 27.8 Å². The van der Waals surface area contributed by atoms with E-state index in [1.165, 1.54) is 12.8 Å². The summed E-state index contributed by atoms with van der Waals surface area (Å²) in [6.07, 6.45) is 5.92. The summed E-state index contributed by atoms with van der Waals surface area (Å²) in [4.78, 5) is 26.4. The molecular weight excluding hydrogens is 643 g/mol. The van der Waals surface area contributed by atoms with E-state index in [1.54, 1.807) is 12.4 Å². The molecule has 8 nitrogen and oxygen atoms in total. The molecule has 3 aromatic heterocycles. The Bertz CT molecular complexity index is 2360. The van der Waals surface area contributed by atoms with Gasteiger partial charge in [-0.05, 0) is 59.4 Å². The first-order valence-electron chi connectivity index (χ1n) is 17.8. The van der Waals surface area contributed by atoms with Crippen LogP contribution in [0, 0.1) is 0 Å². The van der Waals surface area contributed by atoms with Gasteiger partial charge in [-0.1, -0.05) is 121 Å². The topological polar surface area (TPSA) is 101 Å². The fourth-order valence-electron chi connectivity index (χ4n) is 7.35. The number of imidazole rings is 1. The van der Waals surface area contributed by atoms with Crippen LogP contribution in [-0.4, -0.2) is 43.2 Å². The molecule has 52 heavy (non-hydrogen) atoms. The number of benzene rings is 5. The molecule has 0 aliphatic heterocycles. The number of hydrogen-bond acceptors (Lipinski definition) is 5. The lowest BCUT2D eigenvalue weighted by Crippen LogP contribution is -2.38. The fraction of sp³-hybridized carbons (Fsp3) is 0.136. The Morgan fingerprint density at radius 3 is 1.92 bits per heavy atom. The molecule has 3 heterocycles. The average Bonchev–Trinajstić information content (AvgIpc) is 3.84. The van der Waals surface area contributed by atoms with Crippen LogP contribution in [0.25, 0.3) is 33.2 Å². The number of nitrogens with zero attached hydrogens (tertiary/aromatic N) is 4. The number of carbonyl (C=O) groups excluding carboxylic acids is 1. The van der Waals surface area contributed by atoms with Crippen LogP contribution in [0.5, 0.6) is 0 Å². The van der Waals surface area contributed by atoms with Gasteiger partial charge in [-0.2, -0.15) is 5.10 Å². The normalized spacial score (nSPS) is 13.7. The van der Waals surface area contributed by atoms with Crippen molar-refractivity contribution in [3.8, 4) is 11.3 Å². The minimum atomic E-state index is -0.849. The standard InChI is InChI=1S/C44H37N7O/c52-43(49-39(29-46-35-21-22-35)30-13-5-1-6-14-30)42-47-37-27-36-40(28-38(37)48-42)51(50-41(36)31-23-25-45-26-24-31)44(32-15-7-2-8-16-32,33-17-9-3-10-18-33)34-19-11-4-12-20-34/h1-20,23-28,35,39,46H,21-22,29H2,(H,47,48)(H,49,52)/t39-/m1/s1. The highest BCUT2D eigenvalue weighted by Gasteiger charge is 2.41. The monoisotopic (exact) mass is 679 g/mol. The molecule has 3 N–H and O–H groups in total. The number of H-pyrrole nitrogens is 1. The van der Waals surface area contributed by atoms with Crippen molar-refractivity contribution in [3.63, 3.8) is 0 Å². The van der Waals surface area contributed by atoms with Gasteiger partial charge in [-0.15, -0.1) is 0 Å². The van der Waals surface area contributed by atoms with E-state index < -0.39 is 5.54 Å². The number of aromatic amines is 1. The second-order valence-electron chi connectivity index (χ2n) is 13.4. The molecule has 9 rings (SSSR count). The molecule has 1 atom stereocenters. The molecule has 8 aromatic rings. The summed E-state index contributed by atoms with van der Waals surface area (Å²) in [6, 6.07) is 50.1. The first-order chi connectivity index (χ1) is 25.7. The van der Waals surface area contributed by atoms with E-state index >= 15 is 0 Å². The van der Waals surface area contributed by atoms with E-state index in [0.717, 1.165) is 49.9 Å².